The number of anilines is 2. The highest BCUT2D eigenvalue weighted by atomic mass is 32.2. The Bertz CT molecular complexity index is 1120. The smallest absolute Gasteiger partial charge is 0.436 e. The molecule has 0 aromatic heterocycles. The molecule has 11 nitrogen and oxygen atoms in total. The van der Waals surface area contributed by atoms with Crippen LogP contribution in [-0.4, -0.2) is 48.6 Å². The van der Waals surface area contributed by atoms with Crippen LogP contribution >= 0.6 is 0 Å². The molecule has 3 N–H and O–H groups in total. The Kier molecular flexibility index (Phi) is 10.2. The van der Waals surface area contributed by atoms with Gasteiger partial charge in [0.05, 0.1) is 25.6 Å². The molecule has 0 spiro atoms. The second kappa shape index (κ2) is 13.1. The first-order valence-corrected chi connectivity index (χ1v) is 11.6. The van der Waals surface area contributed by atoms with Crippen LogP contribution in [0.15, 0.2) is 57.2 Å². The summed E-state index contributed by atoms with van der Waals surface area (Å²) in [5.41, 5.74) is 0.999. The van der Waals surface area contributed by atoms with Crippen molar-refractivity contribution >= 4 is 52.4 Å². The van der Waals surface area contributed by atoms with Gasteiger partial charge in [0.15, 0.2) is 15.6 Å². The molecule has 2 aromatic carbocycles. The summed E-state index contributed by atoms with van der Waals surface area (Å²) in [5, 5.41) is 7.64. The molecule has 0 saturated heterocycles. The van der Waals surface area contributed by atoms with Gasteiger partial charge in [0.1, 0.15) is 0 Å². The number of carbonyl (C=O) groups excluding carboxylic acids is 4. The number of ketones is 1. The van der Waals surface area contributed by atoms with Gasteiger partial charge < -0.3 is 24.7 Å². The quantitative estimate of drug-likeness (QED) is 0.224. The molecule has 0 saturated carbocycles. The Morgan fingerprint density at radius 2 is 1.54 bits per heavy atom. The highest BCUT2D eigenvalue weighted by Crippen LogP contribution is 2.29. The number of alkyl carbamates (subject to hydrolysis) is 1. The monoisotopic (exact) mass is 502 g/mol. The van der Waals surface area contributed by atoms with Crippen molar-refractivity contribution in [2.45, 2.75) is 36.5 Å². The number of nitrogens with zero attached hydrogens (tertiary/aromatic N) is 1. The van der Waals surface area contributed by atoms with Crippen LogP contribution in [0.1, 0.15) is 37.0 Å². The van der Waals surface area contributed by atoms with E-state index in [0.29, 0.717) is 21.8 Å². The van der Waals surface area contributed by atoms with Gasteiger partial charge >= 0.3 is 12.2 Å². The zero-order valence-corrected chi connectivity index (χ0v) is 20.5. The van der Waals surface area contributed by atoms with Crippen molar-refractivity contribution in [3.63, 3.8) is 0 Å². The summed E-state index contributed by atoms with van der Waals surface area (Å²) in [6.07, 6.45) is -1.36. The van der Waals surface area contributed by atoms with Crippen molar-refractivity contribution < 1.29 is 33.2 Å². The average Bonchev–Trinajstić information content (AvgIpc) is 2.88. The number of guanidine groups is 1. The zero-order valence-electron chi connectivity index (χ0n) is 19.7. The minimum absolute atomic E-state index is 0.0210. The molecule has 1 atom stereocenters. The largest absolute Gasteiger partial charge is 0.606 e. The second-order valence-corrected chi connectivity index (χ2v) is 8.33. The van der Waals surface area contributed by atoms with Crippen LogP contribution < -0.4 is 16.0 Å². The Hall–Kier alpha value is -3.90. The summed E-state index contributed by atoms with van der Waals surface area (Å²) < 4.78 is 22.1. The van der Waals surface area contributed by atoms with E-state index in [2.05, 4.69) is 30.4 Å². The SMILES string of the molecule is CCC(=O)Nc1cc([S+]([O-])c2ccc(C(=O)CC)cc2)ccc1NC(=NC(=O)OC)NC(=O)OC. The van der Waals surface area contributed by atoms with E-state index >= 15 is 0 Å². The molecule has 1 unspecified atom stereocenters. The number of rotatable bonds is 7. The number of benzene rings is 2. The predicted octanol–water partition coefficient (Wildman–Crippen LogP) is 3.68. The lowest BCUT2D eigenvalue weighted by atomic mass is 10.1. The fourth-order valence-electron chi connectivity index (χ4n) is 2.69. The molecule has 35 heavy (non-hydrogen) atoms. The topological polar surface area (TPSA) is 158 Å². The van der Waals surface area contributed by atoms with Crippen LogP contribution in [0.3, 0.4) is 0 Å². The van der Waals surface area contributed by atoms with Crippen LogP contribution in [0.5, 0.6) is 0 Å². The second-order valence-electron chi connectivity index (χ2n) is 6.85. The molecular formula is C23H26N4O7S. The number of hydrogen-bond acceptors (Lipinski definition) is 7. The van der Waals surface area contributed by atoms with Crippen molar-refractivity contribution in [1.82, 2.24) is 5.32 Å². The van der Waals surface area contributed by atoms with Crippen molar-refractivity contribution in [1.29, 1.82) is 0 Å². The minimum Gasteiger partial charge on any atom is -0.606 e. The van der Waals surface area contributed by atoms with Gasteiger partial charge in [-0.15, -0.1) is 4.99 Å². The zero-order chi connectivity index (χ0) is 26.0. The third-order valence-corrected chi connectivity index (χ3v) is 5.93. The minimum atomic E-state index is -1.62. The number of aliphatic imine (C=N–C) groups is 1. The molecular weight excluding hydrogens is 476 g/mol. The molecule has 0 aliphatic rings. The Morgan fingerprint density at radius 3 is 2.11 bits per heavy atom. The van der Waals surface area contributed by atoms with E-state index in [1.807, 2.05) is 0 Å². The Labute approximate surface area is 205 Å². The van der Waals surface area contributed by atoms with Gasteiger partial charge in [-0.05, 0) is 36.4 Å². The maximum atomic E-state index is 13.1. The van der Waals surface area contributed by atoms with E-state index in [1.54, 1.807) is 44.2 Å². The summed E-state index contributed by atoms with van der Waals surface area (Å²) in [6.45, 7) is 3.42. The highest BCUT2D eigenvalue weighted by Gasteiger charge is 2.20. The van der Waals surface area contributed by atoms with E-state index in [-0.39, 0.29) is 35.4 Å². The van der Waals surface area contributed by atoms with Gasteiger partial charge in [-0.3, -0.25) is 14.9 Å². The Balaban J connectivity index is 2.41. The molecule has 0 bridgehead atoms. The summed E-state index contributed by atoms with van der Waals surface area (Å²) in [5.74, 6) is -0.668. The van der Waals surface area contributed by atoms with Crippen molar-refractivity contribution in [3.8, 4) is 0 Å². The molecule has 0 heterocycles. The molecule has 12 heteroatoms. The first-order chi connectivity index (χ1) is 16.7. The third kappa shape index (κ3) is 7.83. The van der Waals surface area contributed by atoms with Gasteiger partial charge in [0.25, 0.3) is 0 Å². The summed E-state index contributed by atoms with van der Waals surface area (Å²) in [6, 6.07) is 11.0. The lowest BCUT2D eigenvalue weighted by molar-refractivity contribution is -0.115. The molecule has 0 aliphatic carbocycles. The van der Waals surface area contributed by atoms with E-state index in [4.69, 9.17) is 0 Å². The summed E-state index contributed by atoms with van der Waals surface area (Å²) in [4.78, 5) is 51.6. The van der Waals surface area contributed by atoms with Crippen molar-refractivity contribution in [3.05, 3.63) is 48.0 Å². The summed E-state index contributed by atoms with van der Waals surface area (Å²) in [7, 11) is 2.25. The lowest BCUT2D eigenvalue weighted by Gasteiger charge is -2.17. The lowest BCUT2D eigenvalue weighted by Crippen LogP contribution is -2.36. The van der Waals surface area contributed by atoms with Gasteiger partial charge in [-0.25, -0.2) is 9.59 Å². The Morgan fingerprint density at radius 1 is 0.886 bits per heavy atom. The molecule has 2 aromatic rings. The number of carbonyl (C=O) groups is 4. The van der Waals surface area contributed by atoms with E-state index in [0.717, 1.165) is 14.2 Å². The molecule has 0 fully saturated rings. The highest BCUT2D eigenvalue weighted by molar-refractivity contribution is 7.91. The van der Waals surface area contributed by atoms with E-state index in [9.17, 15) is 23.7 Å². The number of methoxy groups -OCH3 is 2. The van der Waals surface area contributed by atoms with Gasteiger partial charge in [-0.2, -0.15) is 0 Å². The summed E-state index contributed by atoms with van der Waals surface area (Å²) >= 11 is -1.62. The molecule has 0 aliphatic heterocycles. The first-order valence-electron chi connectivity index (χ1n) is 10.5. The number of amides is 3. The number of ether oxygens (including phenoxy) is 2. The molecule has 0 radical (unpaired) electrons. The molecule has 2 rings (SSSR count). The first kappa shape index (κ1) is 27.3. The maximum Gasteiger partial charge on any atom is 0.436 e. The van der Waals surface area contributed by atoms with E-state index < -0.39 is 23.4 Å². The number of hydrogen-bond donors (Lipinski definition) is 3. The molecule has 3 amide bonds. The van der Waals surface area contributed by atoms with E-state index in [1.165, 1.54) is 12.1 Å². The molecule has 186 valence electrons. The fraction of sp³-hybridized carbons (Fsp3) is 0.261. The number of nitrogens with one attached hydrogen (secondary N) is 3. The van der Waals surface area contributed by atoms with Crippen LogP contribution in [0.2, 0.25) is 0 Å². The van der Waals surface area contributed by atoms with Crippen LogP contribution in [0, 0.1) is 0 Å². The van der Waals surface area contributed by atoms with Crippen LogP contribution in [0.25, 0.3) is 0 Å². The standard InChI is InChI=1S/C23H26N4O7S/c1-5-19(28)14-7-9-15(10-8-14)35(32)16-11-12-17(18(13-16)24-20(29)6-2)25-21(26-22(30)33-3)27-23(31)34-4/h7-13H,5-6H2,1-4H3,(H,24,29)(H2,25,26,27,30,31). The third-order valence-electron chi connectivity index (χ3n) is 4.55. The number of Topliss-reactive ketones (excluding diaryl/α,β-unsaturated/α-hetero) is 1. The van der Waals surface area contributed by atoms with Gasteiger partial charge in [-0.1, -0.05) is 13.8 Å². The van der Waals surface area contributed by atoms with Crippen LogP contribution in [-0.2, 0) is 25.4 Å². The predicted molar refractivity (Wildman–Crippen MR) is 130 cm³/mol. The fourth-order valence-corrected chi connectivity index (χ4v) is 3.77. The van der Waals surface area contributed by atoms with Gasteiger partial charge in [0, 0.05) is 35.6 Å². The van der Waals surface area contributed by atoms with Crippen molar-refractivity contribution in [2.24, 2.45) is 4.99 Å². The maximum absolute atomic E-state index is 13.1. The normalized spacial score (nSPS) is 11.7. The van der Waals surface area contributed by atoms with Crippen molar-refractivity contribution in [2.75, 3.05) is 24.9 Å². The van der Waals surface area contributed by atoms with Crippen LogP contribution in [0.4, 0.5) is 21.0 Å². The average molecular weight is 503 g/mol. The van der Waals surface area contributed by atoms with Gasteiger partial charge in [0.2, 0.25) is 11.9 Å².